The summed E-state index contributed by atoms with van der Waals surface area (Å²) < 4.78 is 28.1. The first-order valence-corrected chi connectivity index (χ1v) is 14.5. The van der Waals surface area contributed by atoms with Gasteiger partial charge in [-0.3, -0.25) is 9.59 Å². The summed E-state index contributed by atoms with van der Waals surface area (Å²) in [5, 5.41) is 19.2. The Balaban J connectivity index is 1.20. The maximum atomic E-state index is 13.0. The molecule has 1 aliphatic heterocycles. The van der Waals surface area contributed by atoms with Crippen molar-refractivity contribution in [1.82, 2.24) is 20.0 Å². The van der Waals surface area contributed by atoms with Crippen molar-refractivity contribution in [2.45, 2.75) is 63.5 Å². The number of amides is 1. The summed E-state index contributed by atoms with van der Waals surface area (Å²) in [5.74, 6) is -1.29. The van der Waals surface area contributed by atoms with Crippen LogP contribution in [0.15, 0.2) is 46.4 Å². The Labute approximate surface area is 232 Å². The standard InChI is InChI=1S/C27H34N6O6S/c1-16-12-17(2)24(18(3)13-16)40(37,38)33-23(26(35)36)15-29-25(34)22-14-19(39-32-22)8-6-7-11-28-27-30-20-9-4-5-10-21(20)31-27/h4-5,9-10,12-13,19,23,33H,6-8,11,14-15H2,1-3H3,(H,29,34)(H,35,36)(H2,28,30,31). The van der Waals surface area contributed by atoms with E-state index in [1.165, 1.54) is 0 Å². The van der Waals surface area contributed by atoms with Gasteiger partial charge >= 0.3 is 5.97 Å². The Bertz CT molecular complexity index is 1480. The van der Waals surface area contributed by atoms with Crippen molar-refractivity contribution in [2.75, 3.05) is 18.4 Å². The molecule has 40 heavy (non-hydrogen) atoms. The van der Waals surface area contributed by atoms with Crippen LogP contribution in [0.5, 0.6) is 0 Å². The largest absolute Gasteiger partial charge is 0.480 e. The number of nitrogens with one attached hydrogen (secondary N) is 4. The number of carboxylic acid groups (broad SMARTS) is 1. The molecule has 0 spiro atoms. The molecule has 12 nitrogen and oxygen atoms in total. The fourth-order valence-corrected chi connectivity index (χ4v) is 6.41. The predicted octanol–water partition coefficient (Wildman–Crippen LogP) is 2.76. The number of H-pyrrole nitrogens is 1. The van der Waals surface area contributed by atoms with Gasteiger partial charge in [0.25, 0.3) is 5.91 Å². The molecule has 0 fully saturated rings. The molecule has 2 unspecified atom stereocenters. The molecular formula is C27H34N6O6S. The van der Waals surface area contributed by atoms with Crippen LogP contribution in [-0.4, -0.2) is 66.3 Å². The quantitative estimate of drug-likeness (QED) is 0.195. The fourth-order valence-electron chi connectivity index (χ4n) is 4.77. The third-order valence-corrected chi connectivity index (χ3v) is 8.34. The Morgan fingerprint density at radius 1 is 1.15 bits per heavy atom. The summed E-state index contributed by atoms with van der Waals surface area (Å²) in [5.41, 5.74) is 3.92. The molecule has 1 amide bonds. The van der Waals surface area contributed by atoms with Crippen LogP contribution in [0, 0.1) is 20.8 Å². The van der Waals surface area contributed by atoms with E-state index < -0.39 is 34.5 Å². The topological polar surface area (TPSA) is 175 Å². The van der Waals surface area contributed by atoms with E-state index in [4.69, 9.17) is 4.84 Å². The number of hydrogen-bond acceptors (Lipinski definition) is 8. The number of carbonyl (C=O) groups is 2. The van der Waals surface area contributed by atoms with Gasteiger partial charge in [0.05, 0.1) is 15.9 Å². The average molecular weight is 571 g/mol. The molecule has 2 aromatic carbocycles. The molecule has 0 saturated carbocycles. The van der Waals surface area contributed by atoms with Crippen LogP contribution in [0.25, 0.3) is 11.0 Å². The summed E-state index contributed by atoms with van der Waals surface area (Å²) in [7, 11) is -4.15. The number of aromatic nitrogens is 2. The van der Waals surface area contributed by atoms with Crippen LogP contribution in [-0.2, 0) is 24.4 Å². The van der Waals surface area contributed by atoms with Crippen molar-refractivity contribution in [3.63, 3.8) is 0 Å². The van der Waals surface area contributed by atoms with Gasteiger partial charge in [-0.15, -0.1) is 0 Å². The Kier molecular flexibility index (Phi) is 9.05. The number of benzene rings is 2. The number of aliphatic carboxylic acids is 1. The molecule has 1 aliphatic rings. The van der Waals surface area contributed by atoms with Crippen molar-refractivity contribution in [3.8, 4) is 0 Å². The molecule has 13 heteroatoms. The second-order valence-electron chi connectivity index (χ2n) is 9.94. The lowest BCUT2D eigenvalue weighted by Gasteiger charge is -2.18. The summed E-state index contributed by atoms with van der Waals surface area (Å²) in [6.07, 6.45) is 2.42. The number of oxime groups is 1. The van der Waals surface area contributed by atoms with Gasteiger partial charge in [0.1, 0.15) is 17.9 Å². The molecule has 2 heterocycles. The van der Waals surface area contributed by atoms with E-state index in [1.54, 1.807) is 26.0 Å². The second-order valence-corrected chi connectivity index (χ2v) is 11.6. The number of hydrogen-bond donors (Lipinski definition) is 5. The molecule has 0 bridgehead atoms. The van der Waals surface area contributed by atoms with Gasteiger partial charge in [-0.25, -0.2) is 13.4 Å². The number of carbonyl (C=O) groups excluding carboxylic acids is 1. The second kappa shape index (κ2) is 12.5. The minimum atomic E-state index is -4.15. The third kappa shape index (κ3) is 7.16. The Hall–Kier alpha value is -3.97. The molecule has 1 aromatic heterocycles. The lowest BCUT2D eigenvalue weighted by Crippen LogP contribution is -2.49. The number of sulfonamides is 1. The number of carboxylic acids is 1. The molecule has 3 aromatic rings. The van der Waals surface area contributed by atoms with E-state index in [2.05, 4.69) is 30.5 Å². The van der Waals surface area contributed by atoms with E-state index in [0.29, 0.717) is 23.5 Å². The van der Waals surface area contributed by atoms with Gasteiger partial charge in [-0.05, 0) is 63.3 Å². The van der Waals surface area contributed by atoms with Crippen molar-refractivity contribution >= 4 is 44.6 Å². The third-order valence-electron chi connectivity index (χ3n) is 6.57. The highest BCUT2D eigenvalue weighted by Crippen LogP contribution is 2.22. The van der Waals surface area contributed by atoms with E-state index in [0.717, 1.165) is 36.0 Å². The first-order valence-electron chi connectivity index (χ1n) is 13.1. The number of nitrogens with zero attached hydrogens (tertiary/aromatic N) is 2. The molecule has 5 N–H and O–H groups in total. The monoisotopic (exact) mass is 570 g/mol. The number of unbranched alkanes of at least 4 members (excludes halogenated alkanes) is 1. The molecule has 0 saturated heterocycles. The predicted molar refractivity (Wildman–Crippen MR) is 151 cm³/mol. The number of anilines is 1. The van der Waals surface area contributed by atoms with Crippen molar-refractivity contribution in [2.24, 2.45) is 5.16 Å². The van der Waals surface area contributed by atoms with E-state index in [1.807, 2.05) is 31.2 Å². The van der Waals surface area contributed by atoms with Crippen LogP contribution in [0.2, 0.25) is 0 Å². The lowest BCUT2D eigenvalue weighted by molar-refractivity contribution is -0.138. The van der Waals surface area contributed by atoms with Crippen LogP contribution >= 0.6 is 0 Å². The highest BCUT2D eigenvalue weighted by molar-refractivity contribution is 7.89. The summed E-state index contributed by atoms with van der Waals surface area (Å²) in [6.45, 7) is 5.42. The zero-order chi connectivity index (χ0) is 28.9. The van der Waals surface area contributed by atoms with E-state index >= 15 is 0 Å². The first-order chi connectivity index (χ1) is 19.0. The summed E-state index contributed by atoms with van der Waals surface area (Å²) >= 11 is 0. The van der Waals surface area contributed by atoms with E-state index in [9.17, 15) is 23.1 Å². The van der Waals surface area contributed by atoms with E-state index in [-0.39, 0.29) is 23.1 Å². The first kappa shape index (κ1) is 29.0. The number of para-hydroxylation sites is 2. The van der Waals surface area contributed by atoms with Gasteiger partial charge in [-0.1, -0.05) is 35.0 Å². The summed E-state index contributed by atoms with van der Waals surface area (Å²) in [4.78, 5) is 37.5. The number of rotatable bonds is 13. The average Bonchev–Trinajstić information content (AvgIpc) is 3.52. The van der Waals surface area contributed by atoms with Gasteiger partial charge in [0.15, 0.2) is 0 Å². The van der Waals surface area contributed by atoms with Gasteiger partial charge in [0, 0.05) is 19.5 Å². The van der Waals surface area contributed by atoms with Gasteiger partial charge in [-0.2, -0.15) is 4.72 Å². The Morgan fingerprint density at radius 3 is 2.58 bits per heavy atom. The molecule has 4 rings (SSSR count). The van der Waals surface area contributed by atoms with Crippen LogP contribution in [0.3, 0.4) is 0 Å². The van der Waals surface area contributed by atoms with Crippen LogP contribution in [0.1, 0.15) is 42.4 Å². The minimum absolute atomic E-state index is 0.0277. The fraction of sp³-hybridized carbons (Fsp3) is 0.407. The molecule has 2 atom stereocenters. The molecule has 0 aliphatic carbocycles. The minimum Gasteiger partial charge on any atom is -0.480 e. The SMILES string of the molecule is Cc1cc(C)c(S(=O)(=O)NC(CNC(=O)C2=NOC(CCCCNc3nc4ccccc4[nH]3)C2)C(=O)O)c(C)c1. The highest BCUT2D eigenvalue weighted by atomic mass is 32.2. The number of aromatic amines is 1. The number of aryl methyl sites for hydroxylation is 3. The van der Waals surface area contributed by atoms with Gasteiger partial charge in [0.2, 0.25) is 16.0 Å². The molecular weight excluding hydrogens is 536 g/mol. The maximum absolute atomic E-state index is 13.0. The molecule has 214 valence electrons. The zero-order valence-electron chi connectivity index (χ0n) is 22.7. The van der Waals surface area contributed by atoms with Crippen molar-refractivity contribution in [3.05, 3.63) is 53.1 Å². The smallest absolute Gasteiger partial charge is 0.323 e. The number of imidazole rings is 1. The maximum Gasteiger partial charge on any atom is 0.323 e. The normalized spacial score (nSPS) is 15.9. The Morgan fingerprint density at radius 2 is 1.88 bits per heavy atom. The number of fused-ring (bicyclic) bond motifs is 1. The van der Waals surface area contributed by atoms with Crippen LogP contribution < -0.4 is 15.4 Å². The highest BCUT2D eigenvalue weighted by Gasteiger charge is 2.30. The van der Waals surface area contributed by atoms with Crippen LogP contribution in [0.4, 0.5) is 5.95 Å². The summed E-state index contributed by atoms with van der Waals surface area (Å²) in [6, 6.07) is 9.65. The molecule has 0 radical (unpaired) electrons. The van der Waals surface area contributed by atoms with Crippen molar-refractivity contribution < 1.29 is 28.0 Å². The zero-order valence-corrected chi connectivity index (χ0v) is 23.5. The van der Waals surface area contributed by atoms with Gasteiger partial charge < -0.3 is 25.6 Å². The van der Waals surface area contributed by atoms with Crippen molar-refractivity contribution in [1.29, 1.82) is 0 Å². The lowest BCUT2D eigenvalue weighted by atomic mass is 10.1.